The second-order valence-electron chi connectivity index (χ2n) is 2.98. The number of aromatic nitrogens is 1. The minimum atomic E-state index is 0.356. The third-order valence-electron chi connectivity index (χ3n) is 1.98. The molecule has 1 heterocycles. The zero-order valence-corrected chi connectivity index (χ0v) is 10.9. The molecular formula is C10H8Br2N2O. The summed E-state index contributed by atoms with van der Waals surface area (Å²) in [7, 11) is 0. The van der Waals surface area contributed by atoms with E-state index in [1.807, 2.05) is 24.3 Å². The fraction of sp³-hybridized carbons (Fsp3) is 0.100. The van der Waals surface area contributed by atoms with E-state index in [1.165, 1.54) is 0 Å². The Hall–Kier alpha value is -0.650. The van der Waals surface area contributed by atoms with Crippen LogP contribution in [0.15, 0.2) is 37.7 Å². The van der Waals surface area contributed by atoms with Gasteiger partial charge in [-0.15, -0.1) is 0 Å². The van der Waals surface area contributed by atoms with Gasteiger partial charge in [0, 0.05) is 20.6 Å². The summed E-state index contributed by atoms with van der Waals surface area (Å²) in [5.41, 5.74) is 7.21. The Morgan fingerprint density at radius 2 is 1.93 bits per heavy atom. The molecule has 2 N–H and O–H groups in total. The Morgan fingerprint density at radius 3 is 2.47 bits per heavy atom. The second-order valence-corrected chi connectivity index (χ2v) is 4.69. The van der Waals surface area contributed by atoms with Crippen molar-refractivity contribution in [1.82, 2.24) is 5.16 Å². The highest BCUT2D eigenvalue weighted by atomic mass is 79.9. The van der Waals surface area contributed by atoms with Gasteiger partial charge in [-0.25, -0.2) is 0 Å². The predicted octanol–water partition coefficient (Wildman–Crippen LogP) is 3.33. The van der Waals surface area contributed by atoms with Gasteiger partial charge < -0.3 is 10.3 Å². The van der Waals surface area contributed by atoms with Gasteiger partial charge in [0.15, 0.2) is 5.76 Å². The number of hydrogen-bond donors (Lipinski definition) is 1. The molecule has 0 bridgehead atoms. The maximum atomic E-state index is 5.46. The molecule has 78 valence electrons. The summed E-state index contributed by atoms with van der Waals surface area (Å²) in [6, 6.07) is 7.69. The molecule has 0 amide bonds. The zero-order valence-electron chi connectivity index (χ0n) is 7.71. The maximum Gasteiger partial charge on any atom is 0.150 e. The first-order chi connectivity index (χ1) is 7.22. The van der Waals surface area contributed by atoms with Crippen LogP contribution in [-0.4, -0.2) is 5.16 Å². The number of nitrogens with zero attached hydrogens (tertiary/aromatic N) is 1. The number of halogens is 2. The number of benzene rings is 1. The molecule has 2 rings (SSSR count). The lowest BCUT2D eigenvalue weighted by Crippen LogP contribution is -1.92. The summed E-state index contributed by atoms with van der Waals surface area (Å²) in [6.45, 7) is 0.356. The monoisotopic (exact) mass is 330 g/mol. The van der Waals surface area contributed by atoms with Gasteiger partial charge in [0.25, 0.3) is 0 Å². The summed E-state index contributed by atoms with van der Waals surface area (Å²) >= 11 is 6.94. The lowest BCUT2D eigenvalue weighted by Gasteiger charge is -2.02. The second kappa shape index (κ2) is 4.47. The first kappa shape index (κ1) is 10.9. The summed E-state index contributed by atoms with van der Waals surface area (Å²) in [5, 5.41) is 3.96. The van der Waals surface area contributed by atoms with Gasteiger partial charge >= 0.3 is 0 Å². The molecule has 0 saturated heterocycles. The molecule has 0 aliphatic rings. The molecule has 5 heteroatoms. The van der Waals surface area contributed by atoms with Crippen molar-refractivity contribution in [3.63, 3.8) is 0 Å². The molecule has 1 aromatic heterocycles. The molecule has 0 fully saturated rings. The molecule has 1 aromatic carbocycles. The molecule has 0 saturated carbocycles. The maximum absolute atomic E-state index is 5.46. The van der Waals surface area contributed by atoms with E-state index in [-0.39, 0.29) is 0 Å². The van der Waals surface area contributed by atoms with E-state index in [0.717, 1.165) is 20.2 Å². The van der Waals surface area contributed by atoms with Crippen LogP contribution in [0.2, 0.25) is 0 Å². The van der Waals surface area contributed by atoms with Gasteiger partial charge in [0.2, 0.25) is 0 Å². The summed E-state index contributed by atoms with van der Waals surface area (Å²) < 4.78 is 6.99. The predicted molar refractivity (Wildman–Crippen MR) is 65.2 cm³/mol. The van der Waals surface area contributed by atoms with E-state index in [1.54, 1.807) is 0 Å². The molecule has 0 aliphatic heterocycles. The number of nitrogens with two attached hydrogens (primary N) is 1. The SMILES string of the molecule is NCc1cc(-c2c(Br)cccc2Br)no1. The molecular weight excluding hydrogens is 324 g/mol. The van der Waals surface area contributed by atoms with Crippen molar-refractivity contribution in [2.45, 2.75) is 6.54 Å². The van der Waals surface area contributed by atoms with Crippen LogP contribution in [0.25, 0.3) is 11.3 Å². The third-order valence-corrected chi connectivity index (χ3v) is 3.30. The Kier molecular flexibility index (Phi) is 3.23. The smallest absolute Gasteiger partial charge is 0.150 e. The first-order valence-electron chi connectivity index (χ1n) is 4.32. The van der Waals surface area contributed by atoms with Gasteiger partial charge in [0.05, 0.1) is 6.54 Å². The van der Waals surface area contributed by atoms with Crippen molar-refractivity contribution in [2.24, 2.45) is 5.73 Å². The zero-order chi connectivity index (χ0) is 10.8. The topological polar surface area (TPSA) is 52.0 Å². The average molecular weight is 332 g/mol. The summed E-state index contributed by atoms with van der Waals surface area (Å²) in [6.07, 6.45) is 0. The van der Waals surface area contributed by atoms with Crippen molar-refractivity contribution >= 4 is 31.9 Å². The van der Waals surface area contributed by atoms with Crippen molar-refractivity contribution in [3.8, 4) is 11.3 Å². The van der Waals surface area contributed by atoms with Gasteiger partial charge in [-0.1, -0.05) is 43.1 Å². The minimum Gasteiger partial charge on any atom is -0.359 e. The molecule has 0 atom stereocenters. The van der Waals surface area contributed by atoms with Crippen LogP contribution in [-0.2, 0) is 6.54 Å². The van der Waals surface area contributed by atoms with Crippen molar-refractivity contribution in [2.75, 3.05) is 0 Å². The minimum absolute atomic E-state index is 0.356. The van der Waals surface area contributed by atoms with Crippen molar-refractivity contribution < 1.29 is 4.52 Å². The van der Waals surface area contributed by atoms with Gasteiger partial charge in [0.1, 0.15) is 5.69 Å². The van der Waals surface area contributed by atoms with E-state index in [2.05, 4.69) is 37.0 Å². The van der Waals surface area contributed by atoms with Crippen molar-refractivity contribution in [3.05, 3.63) is 39.0 Å². The number of rotatable bonds is 2. The highest BCUT2D eigenvalue weighted by Crippen LogP contribution is 2.34. The van der Waals surface area contributed by atoms with Crippen LogP contribution >= 0.6 is 31.9 Å². The fourth-order valence-corrected chi connectivity index (χ4v) is 2.67. The largest absolute Gasteiger partial charge is 0.359 e. The summed E-state index contributed by atoms with van der Waals surface area (Å²) in [4.78, 5) is 0. The van der Waals surface area contributed by atoms with Gasteiger partial charge in [-0.05, 0) is 12.1 Å². The molecule has 0 aliphatic carbocycles. The molecule has 3 nitrogen and oxygen atoms in total. The van der Waals surface area contributed by atoms with E-state index in [4.69, 9.17) is 10.3 Å². The van der Waals surface area contributed by atoms with Crippen LogP contribution in [0.4, 0.5) is 0 Å². The summed E-state index contributed by atoms with van der Waals surface area (Å²) in [5.74, 6) is 0.674. The average Bonchev–Trinajstić information content (AvgIpc) is 2.66. The lowest BCUT2D eigenvalue weighted by molar-refractivity contribution is 0.387. The normalized spacial score (nSPS) is 10.6. The standard InChI is InChI=1S/C10H8Br2N2O/c11-7-2-1-3-8(12)10(7)9-4-6(5-13)15-14-9/h1-4H,5,13H2. The van der Waals surface area contributed by atoms with E-state index in [9.17, 15) is 0 Å². The highest BCUT2D eigenvalue weighted by molar-refractivity contribution is 9.11. The highest BCUT2D eigenvalue weighted by Gasteiger charge is 2.11. The van der Waals surface area contributed by atoms with E-state index < -0.39 is 0 Å². The third kappa shape index (κ3) is 2.14. The molecule has 15 heavy (non-hydrogen) atoms. The Bertz CT molecular complexity index is 462. The lowest BCUT2D eigenvalue weighted by atomic mass is 10.1. The molecule has 2 aromatic rings. The van der Waals surface area contributed by atoms with Crippen LogP contribution in [0.3, 0.4) is 0 Å². The Labute approximate surface area is 104 Å². The molecule has 0 radical (unpaired) electrons. The Balaban J connectivity index is 2.53. The molecule has 0 spiro atoms. The van der Waals surface area contributed by atoms with Gasteiger partial charge in [-0.2, -0.15) is 0 Å². The van der Waals surface area contributed by atoms with E-state index in [0.29, 0.717) is 12.3 Å². The van der Waals surface area contributed by atoms with Crippen LogP contribution in [0, 0.1) is 0 Å². The van der Waals surface area contributed by atoms with Crippen LogP contribution < -0.4 is 5.73 Å². The quantitative estimate of drug-likeness (QED) is 0.918. The number of hydrogen-bond acceptors (Lipinski definition) is 3. The fourth-order valence-electron chi connectivity index (χ4n) is 1.27. The van der Waals surface area contributed by atoms with Gasteiger partial charge in [-0.3, -0.25) is 0 Å². The van der Waals surface area contributed by atoms with Crippen molar-refractivity contribution in [1.29, 1.82) is 0 Å². The van der Waals surface area contributed by atoms with E-state index >= 15 is 0 Å². The molecule has 0 unspecified atom stereocenters. The van der Waals surface area contributed by atoms with Crippen LogP contribution in [0.5, 0.6) is 0 Å². The Morgan fingerprint density at radius 1 is 1.27 bits per heavy atom. The van der Waals surface area contributed by atoms with Crippen LogP contribution in [0.1, 0.15) is 5.76 Å². The first-order valence-corrected chi connectivity index (χ1v) is 5.91.